The highest BCUT2D eigenvalue weighted by Crippen LogP contribution is 2.29. The van der Waals surface area contributed by atoms with E-state index in [0.29, 0.717) is 30.4 Å². The van der Waals surface area contributed by atoms with Gasteiger partial charge in [0.15, 0.2) is 11.6 Å². The van der Waals surface area contributed by atoms with E-state index >= 15 is 0 Å². The topological polar surface area (TPSA) is 125 Å². The lowest BCUT2D eigenvalue weighted by atomic mass is 10.2. The molecule has 0 spiro atoms. The van der Waals surface area contributed by atoms with E-state index in [1.165, 1.54) is 14.2 Å². The summed E-state index contributed by atoms with van der Waals surface area (Å²) >= 11 is 0. The van der Waals surface area contributed by atoms with Crippen molar-refractivity contribution in [2.45, 2.75) is 19.9 Å². The maximum absolute atomic E-state index is 14.4. The molecule has 11 nitrogen and oxygen atoms in total. The van der Waals surface area contributed by atoms with Crippen LogP contribution in [0.15, 0.2) is 42.7 Å². The second kappa shape index (κ2) is 10.6. The van der Waals surface area contributed by atoms with Gasteiger partial charge in [-0.3, -0.25) is 9.48 Å². The first-order valence-electron chi connectivity index (χ1n) is 10.8. The summed E-state index contributed by atoms with van der Waals surface area (Å²) in [6.07, 6.45) is 3.00. The summed E-state index contributed by atoms with van der Waals surface area (Å²) < 4.78 is 31.4. The molecule has 0 saturated carbocycles. The van der Waals surface area contributed by atoms with Crippen LogP contribution < -0.4 is 20.1 Å². The van der Waals surface area contributed by atoms with Gasteiger partial charge in [0.2, 0.25) is 17.7 Å². The van der Waals surface area contributed by atoms with Crippen LogP contribution in [0.4, 0.5) is 27.5 Å². The number of nitrogens with one attached hydrogen (secondary N) is 2. The number of hydrogen-bond donors (Lipinski definition) is 2. The first-order valence-corrected chi connectivity index (χ1v) is 10.8. The lowest BCUT2D eigenvalue weighted by Gasteiger charge is -2.12. The average molecular weight is 481 g/mol. The van der Waals surface area contributed by atoms with E-state index in [-0.39, 0.29) is 30.0 Å². The molecule has 0 bridgehead atoms. The molecular weight excluding hydrogens is 457 g/mol. The van der Waals surface area contributed by atoms with Crippen LogP contribution in [0.25, 0.3) is 10.9 Å². The van der Waals surface area contributed by atoms with Crippen molar-refractivity contribution < 1.29 is 23.4 Å². The number of carbonyl (C=O) groups is 1. The number of benzene rings is 1. The first-order chi connectivity index (χ1) is 17.0. The van der Waals surface area contributed by atoms with Gasteiger partial charge in [-0.25, -0.2) is 9.37 Å². The Balaban J connectivity index is 1.50. The minimum absolute atomic E-state index is 0.0550. The second-order valence-corrected chi connectivity index (χ2v) is 7.25. The molecule has 0 fully saturated rings. The minimum Gasteiger partial charge on any atom is -0.481 e. The maximum Gasteiger partial charge on any atom is 0.307 e. The summed E-state index contributed by atoms with van der Waals surface area (Å²) in [4.78, 5) is 24.1. The number of halogens is 1. The first kappa shape index (κ1) is 23.7. The normalized spacial score (nSPS) is 10.7. The van der Waals surface area contributed by atoms with Crippen molar-refractivity contribution in [2.75, 3.05) is 31.5 Å². The number of carbonyl (C=O) groups excluding carboxylic acids is 1. The van der Waals surface area contributed by atoms with Crippen LogP contribution in [-0.4, -0.2) is 51.5 Å². The predicted octanol–water partition coefficient (Wildman–Crippen LogP) is 3.82. The van der Waals surface area contributed by atoms with Crippen molar-refractivity contribution in [2.24, 2.45) is 0 Å². The monoisotopic (exact) mass is 481 g/mol. The highest BCUT2D eigenvalue weighted by molar-refractivity contribution is 5.83. The van der Waals surface area contributed by atoms with Crippen LogP contribution >= 0.6 is 0 Å². The van der Waals surface area contributed by atoms with Crippen LogP contribution in [0.5, 0.6) is 11.8 Å². The molecule has 4 rings (SSSR count). The van der Waals surface area contributed by atoms with Gasteiger partial charge in [0.1, 0.15) is 5.69 Å². The molecule has 0 aliphatic heterocycles. The summed E-state index contributed by atoms with van der Waals surface area (Å²) in [5.41, 5.74) is 1.96. The summed E-state index contributed by atoms with van der Waals surface area (Å²) in [6, 6.07) is 8.81. The van der Waals surface area contributed by atoms with Gasteiger partial charge in [-0.15, -0.1) is 0 Å². The van der Waals surface area contributed by atoms with Crippen molar-refractivity contribution >= 4 is 40.0 Å². The van der Waals surface area contributed by atoms with E-state index in [1.54, 1.807) is 29.9 Å². The van der Waals surface area contributed by atoms with Gasteiger partial charge in [0.25, 0.3) is 0 Å². The molecule has 182 valence electrons. The third kappa shape index (κ3) is 5.54. The van der Waals surface area contributed by atoms with E-state index in [0.717, 1.165) is 17.1 Å². The van der Waals surface area contributed by atoms with Gasteiger partial charge < -0.3 is 24.8 Å². The number of methoxy groups -OCH3 is 2. The number of aromatic nitrogens is 5. The Labute approximate surface area is 200 Å². The number of fused-ring (bicyclic) bond motifs is 1. The summed E-state index contributed by atoms with van der Waals surface area (Å²) in [7, 11) is 2.94. The molecule has 0 atom stereocenters. The lowest BCUT2D eigenvalue weighted by Crippen LogP contribution is -2.09. The van der Waals surface area contributed by atoms with E-state index in [1.807, 2.05) is 18.2 Å². The molecule has 12 heteroatoms. The number of esters is 1. The second-order valence-electron chi connectivity index (χ2n) is 7.25. The summed E-state index contributed by atoms with van der Waals surface area (Å²) in [5.74, 6) is -0.203. The fraction of sp³-hybridized carbons (Fsp3) is 0.261. The van der Waals surface area contributed by atoms with Crippen molar-refractivity contribution in [1.29, 1.82) is 0 Å². The van der Waals surface area contributed by atoms with Gasteiger partial charge in [0, 0.05) is 17.1 Å². The van der Waals surface area contributed by atoms with Gasteiger partial charge in [0.05, 0.1) is 51.7 Å². The van der Waals surface area contributed by atoms with Crippen molar-refractivity contribution in [3.05, 3.63) is 48.5 Å². The van der Waals surface area contributed by atoms with E-state index in [9.17, 15) is 9.18 Å². The number of rotatable bonds is 10. The number of hydrogen-bond acceptors (Lipinski definition) is 10. The predicted molar refractivity (Wildman–Crippen MR) is 127 cm³/mol. The van der Waals surface area contributed by atoms with Crippen LogP contribution in [0.1, 0.15) is 13.3 Å². The quantitative estimate of drug-likeness (QED) is 0.323. The number of nitrogens with zero attached hydrogens (tertiary/aromatic N) is 5. The summed E-state index contributed by atoms with van der Waals surface area (Å²) in [6.45, 7) is 2.53. The van der Waals surface area contributed by atoms with Gasteiger partial charge >= 0.3 is 5.97 Å². The number of aryl methyl sites for hydroxylation is 1. The molecule has 0 amide bonds. The highest BCUT2D eigenvalue weighted by Gasteiger charge is 2.13. The Hall–Kier alpha value is -4.48. The minimum atomic E-state index is -0.647. The fourth-order valence-corrected chi connectivity index (χ4v) is 3.33. The molecule has 0 saturated heterocycles. The van der Waals surface area contributed by atoms with Gasteiger partial charge in [-0.2, -0.15) is 15.1 Å². The Bertz CT molecular complexity index is 1340. The highest BCUT2D eigenvalue weighted by atomic mass is 19.1. The standard InChI is InChI=1S/C23H24FN7O4/c1-4-35-20(32)9-10-31-18-7-5-15(11-14(18)12-26-31)27-23-25-13-16(24)21(30-23)28-17-6-8-19(33-2)29-22(17)34-3/h5-8,11-13H,4,9-10H2,1-3H3,(H2,25,27,28,30). The third-order valence-electron chi connectivity index (χ3n) is 4.97. The zero-order chi connectivity index (χ0) is 24.8. The van der Waals surface area contributed by atoms with Crippen LogP contribution in [0.3, 0.4) is 0 Å². The zero-order valence-corrected chi connectivity index (χ0v) is 19.4. The van der Waals surface area contributed by atoms with Gasteiger partial charge in [-0.1, -0.05) is 0 Å². The Morgan fingerprint density at radius 2 is 1.94 bits per heavy atom. The Morgan fingerprint density at radius 1 is 1.09 bits per heavy atom. The fourth-order valence-electron chi connectivity index (χ4n) is 3.33. The molecule has 4 aromatic rings. The van der Waals surface area contributed by atoms with E-state index in [2.05, 4.69) is 30.7 Å². The zero-order valence-electron chi connectivity index (χ0n) is 19.4. The number of anilines is 4. The molecule has 35 heavy (non-hydrogen) atoms. The molecule has 0 unspecified atom stereocenters. The Morgan fingerprint density at radius 3 is 2.71 bits per heavy atom. The molecule has 0 aliphatic rings. The van der Waals surface area contributed by atoms with E-state index in [4.69, 9.17) is 14.2 Å². The molecule has 3 heterocycles. The van der Waals surface area contributed by atoms with Gasteiger partial charge in [-0.05, 0) is 31.2 Å². The molecule has 2 N–H and O–H groups in total. The summed E-state index contributed by atoms with van der Waals surface area (Å²) in [5, 5.41) is 11.1. The number of pyridine rings is 1. The van der Waals surface area contributed by atoms with Crippen molar-refractivity contribution in [3.63, 3.8) is 0 Å². The molecular formula is C23H24FN7O4. The maximum atomic E-state index is 14.4. The molecule has 0 radical (unpaired) electrons. The SMILES string of the molecule is CCOC(=O)CCn1ncc2cc(Nc3ncc(F)c(Nc4ccc(OC)nc4OC)n3)ccc21. The third-order valence-corrected chi connectivity index (χ3v) is 4.97. The van der Waals surface area contributed by atoms with Crippen molar-refractivity contribution in [1.82, 2.24) is 24.7 Å². The van der Waals surface area contributed by atoms with Crippen LogP contribution in [-0.2, 0) is 16.1 Å². The average Bonchev–Trinajstić information content (AvgIpc) is 3.27. The largest absolute Gasteiger partial charge is 0.481 e. The van der Waals surface area contributed by atoms with Crippen molar-refractivity contribution in [3.8, 4) is 11.8 Å². The van der Waals surface area contributed by atoms with E-state index < -0.39 is 5.82 Å². The molecule has 1 aromatic carbocycles. The smallest absolute Gasteiger partial charge is 0.307 e. The Kier molecular flexibility index (Phi) is 7.19. The molecule has 3 aromatic heterocycles. The van der Waals surface area contributed by atoms with Crippen LogP contribution in [0.2, 0.25) is 0 Å². The molecule has 0 aliphatic carbocycles. The lowest BCUT2D eigenvalue weighted by molar-refractivity contribution is -0.143. The van der Waals surface area contributed by atoms with Crippen LogP contribution in [0, 0.1) is 5.82 Å². The number of ether oxygens (including phenoxy) is 3.